The highest BCUT2D eigenvalue weighted by molar-refractivity contribution is 5.73. The Bertz CT molecular complexity index is 653. The highest BCUT2D eigenvalue weighted by Gasteiger charge is 2.38. The molecule has 0 saturated heterocycles. The summed E-state index contributed by atoms with van der Waals surface area (Å²) in [5, 5.41) is 0. The van der Waals surface area contributed by atoms with Gasteiger partial charge in [-0.3, -0.25) is 0 Å². The van der Waals surface area contributed by atoms with Crippen LogP contribution in [-0.2, 0) is 11.8 Å². The summed E-state index contributed by atoms with van der Waals surface area (Å²) < 4.78 is 0. The Balaban J connectivity index is 2.08. The Morgan fingerprint density at radius 1 is 1.00 bits per heavy atom. The van der Waals surface area contributed by atoms with Crippen molar-refractivity contribution in [1.29, 1.82) is 0 Å². The molecule has 0 aromatic heterocycles. The van der Waals surface area contributed by atoms with Crippen LogP contribution in [0.2, 0.25) is 0 Å². The summed E-state index contributed by atoms with van der Waals surface area (Å²) in [7, 11) is 2.13. The fourth-order valence-electron chi connectivity index (χ4n) is 3.16. The Labute approximate surface area is 121 Å². The zero-order valence-electron chi connectivity index (χ0n) is 12.5. The smallest absolute Gasteiger partial charge is 0.0483 e. The first-order valence-electron chi connectivity index (χ1n) is 7.11. The molecule has 0 fully saturated rings. The third-order valence-electron chi connectivity index (χ3n) is 4.49. The first-order valence-corrected chi connectivity index (χ1v) is 7.11. The number of hydrogen-bond donors (Lipinski definition) is 0. The number of nitrogens with zero attached hydrogens (tertiary/aromatic N) is 1. The molecule has 2 aromatic carbocycles. The van der Waals surface area contributed by atoms with Gasteiger partial charge in [0.15, 0.2) is 0 Å². The van der Waals surface area contributed by atoms with E-state index in [0.717, 1.165) is 6.42 Å². The van der Waals surface area contributed by atoms with E-state index in [-0.39, 0.29) is 5.41 Å². The first kappa shape index (κ1) is 13.0. The summed E-state index contributed by atoms with van der Waals surface area (Å²) in [5.74, 6) is 0. The quantitative estimate of drug-likeness (QED) is 0.770. The van der Waals surface area contributed by atoms with Crippen molar-refractivity contribution in [3.63, 3.8) is 0 Å². The molecular weight excluding hydrogens is 242 g/mol. The maximum atomic E-state index is 4.28. The van der Waals surface area contributed by atoms with Crippen molar-refractivity contribution in [2.75, 3.05) is 11.9 Å². The van der Waals surface area contributed by atoms with Gasteiger partial charge in [-0.25, -0.2) is 0 Å². The minimum absolute atomic E-state index is 0.0246. The molecule has 20 heavy (non-hydrogen) atoms. The molecular formula is C19H21N. The third kappa shape index (κ3) is 1.85. The van der Waals surface area contributed by atoms with Crippen molar-refractivity contribution in [3.05, 3.63) is 77.5 Å². The molecule has 1 aliphatic rings. The van der Waals surface area contributed by atoms with Crippen molar-refractivity contribution < 1.29 is 0 Å². The van der Waals surface area contributed by atoms with E-state index in [1.54, 1.807) is 0 Å². The number of rotatable bonds is 2. The zero-order valence-corrected chi connectivity index (χ0v) is 12.5. The summed E-state index contributed by atoms with van der Waals surface area (Å²) in [4.78, 5) is 2.26. The molecule has 102 valence electrons. The van der Waals surface area contributed by atoms with Gasteiger partial charge in [-0.05, 0) is 23.1 Å². The van der Waals surface area contributed by atoms with Crippen molar-refractivity contribution in [2.24, 2.45) is 0 Å². The Morgan fingerprint density at radius 3 is 2.40 bits per heavy atom. The number of para-hydroxylation sites is 1. The monoisotopic (exact) mass is 263 g/mol. The molecule has 0 spiro atoms. The molecule has 1 aliphatic heterocycles. The number of fused-ring (bicyclic) bond motifs is 1. The van der Waals surface area contributed by atoms with Crippen molar-refractivity contribution in [1.82, 2.24) is 0 Å². The van der Waals surface area contributed by atoms with E-state index in [1.807, 2.05) is 0 Å². The third-order valence-corrected chi connectivity index (χ3v) is 4.49. The highest BCUT2D eigenvalue weighted by Crippen LogP contribution is 2.47. The number of allylic oxidation sites excluding steroid dienone is 1. The molecule has 0 atom stereocenters. The summed E-state index contributed by atoms with van der Waals surface area (Å²) in [5.41, 5.74) is 6.65. The van der Waals surface area contributed by atoms with Gasteiger partial charge in [0.2, 0.25) is 0 Å². The lowest BCUT2D eigenvalue weighted by Crippen LogP contribution is -2.21. The number of likely N-dealkylation sites (N-methyl/N-ethyl adjacent to an activating group) is 1. The first-order chi connectivity index (χ1) is 9.51. The van der Waals surface area contributed by atoms with E-state index in [2.05, 4.69) is 80.9 Å². The van der Waals surface area contributed by atoms with E-state index in [9.17, 15) is 0 Å². The number of hydrogen-bond acceptors (Lipinski definition) is 1. The van der Waals surface area contributed by atoms with Gasteiger partial charge in [-0.1, -0.05) is 69.0 Å². The Hall–Kier alpha value is -2.02. The molecule has 0 bridgehead atoms. The lowest BCUT2D eigenvalue weighted by Gasteiger charge is -2.22. The molecule has 2 aromatic rings. The van der Waals surface area contributed by atoms with Crippen LogP contribution in [0.3, 0.4) is 0 Å². The van der Waals surface area contributed by atoms with Crippen LogP contribution in [0.4, 0.5) is 5.69 Å². The SMILES string of the molecule is C=C1N(C)c2c(Cc3ccccc3)cccc2C1(C)C. The van der Waals surface area contributed by atoms with Gasteiger partial charge in [0.05, 0.1) is 0 Å². The van der Waals surface area contributed by atoms with E-state index < -0.39 is 0 Å². The summed E-state index contributed by atoms with van der Waals surface area (Å²) in [6.45, 7) is 8.78. The van der Waals surface area contributed by atoms with Crippen LogP contribution in [0, 0.1) is 0 Å². The van der Waals surface area contributed by atoms with Gasteiger partial charge < -0.3 is 4.90 Å². The lowest BCUT2D eigenvalue weighted by atomic mass is 9.83. The standard InChI is InChI=1S/C19H21N/c1-14-19(2,3)17-12-8-11-16(18(17)20(14)4)13-15-9-6-5-7-10-15/h5-12H,1,13H2,2-4H3. The van der Waals surface area contributed by atoms with E-state index >= 15 is 0 Å². The predicted molar refractivity (Wildman–Crippen MR) is 86.3 cm³/mol. The van der Waals surface area contributed by atoms with E-state index in [0.29, 0.717) is 0 Å². The van der Waals surface area contributed by atoms with Crippen LogP contribution < -0.4 is 4.90 Å². The lowest BCUT2D eigenvalue weighted by molar-refractivity contribution is 0.643. The molecule has 1 heterocycles. The number of benzene rings is 2. The second-order valence-corrected chi connectivity index (χ2v) is 6.11. The molecule has 3 rings (SSSR count). The minimum Gasteiger partial charge on any atom is -0.347 e. The Morgan fingerprint density at radius 2 is 1.70 bits per heavy atom. The molecule has 1 heteroatoms. The van der Waals surface area contributed by atoms with Crippen LogP contribution in [0.5, 0.6) is 0 Å². The summed E-state index contributed by atoms with van der Waals surface area (Å²) in [6, 6.07) is 17.3. The fourth-order valence-corrected chi connectivity index (χ4v) is 3.16. The summed E-state index contributed by atoms with van der Waals surface area (Å²) in [6.07, 6.45) is 0.970. The van der Waals surface area contributed by atoms with Crippen molar-refractivity contribution in [3.8, 4) is 0 Å². The van der Waals surface area contributed by atoms with Gasteiger partial charge in [0.1, 0.15) is 0 Å². The molecule has 0 saturated carbocycles. The zero-order chi connectivity index (χ0) is 14.3. The van der Waals surface area contributed by atoms with Gasteiger partial charge in [-0.15, -0.1) is 0 Å². The molecule has 0 aliphatic carbocycles. The molecule has 0 amide bonds. The predicted octanol–water partition coefficient (Wildman–Crippen LogP) is 4.52. The highest BCUT2D eigenvalue weighted by atomic mass is 15.2. The topological polar surface area (TPSA) is 3.24 Å². The van der Waals surface area contributed by atoms with Crippen LogP contribution in [0.15, 0.2) is 60.8 Å². The second kappa shape index (κ2) is 4.52. The van der Waals surface area contributed by atoms with Crippen LogP contribution in [0.1, 0.15) is 30.5 Å². The average Bonchev–Trinajstić information content (AvgIpc) is 2.62. The van der Waals surface area contributed by atoms with E-state index in [4.69, 9.17) is 0 Å². The molecule has 0 N–H and O–H groups in total. The largest absolute Gasteiger partial charge is 0.347 e. The fraction of sp³-hybridized carbons (Fsp3) is 0.263. The molecule has 0 unspecified atom stereocenters. The van der Waals surface area contributed by atoms with Crippen LogP contribution in [-0.4, -0.2) is 7.05 Å². The maximum absolute atomic E-state index is 4.28. The van der Waals surface area contributed by atoms with Gasteiger partial charge >= 0.3 is 0 Å². The normalized spacial score (nSPS) is 16.4. The second-order valence-electron chi connectivity index (χ2n) is 6.11. The average molecular weight is 263 g/mol. The molecule has 1 nitrogen and oxygen atoms in total. The molecule has 0 radical (unpaired) electrons. The van der Waals surface area contributed by atoms with Gasteiger partial charge in [0.25, 0.3) is 0 Å². The van der Waals surface area contributed by atoms with E-state index in [1.165, 1.54) is 28.1 Å². The van der Waals surface area contributed by atoms with Crippen molar-refractivity contribution >= 4 is 5.69 Å². The van der Waals surface area contributed by atoms with Gasteiger partial charge in [-0.2, -0.15) is 0 Å². The Kier molecular flexibility index (Phi) is 2.93. The van der Waals surface area contributed by atoms with Gasteiger partial charge in [0, 0.05) is 23.8 Å². The minimum atomic E-state index is 0.0246. The van der Waals surface area contributed by atoms with Crippen LogP contribution in [0.25, 0.3) is 0 Å². The van der Waals surface area contributed by atoms with Crippen molar-refractivity contribution in [2.45, 2.75) is 25.7 Å². The van der Waals surface area contributed by atoms with Crippen LogP contribution >= 0.6 is 0 Å². The number of anilines is 1. The maximum Gasteiger partial charge on any atom is 0.0483 e. The summed E-state index contributed by atoms with van der Waals surface area (Å²) >= 11 is 0.